The number of carbonyl (C=O) groups is 1. The van der Waals surface area contributed by atoms with Gasteiger partial charge >= 0.3 is 0 Å². The van der Waals surface area contributed by atoms with E-state index in [9.17, 15) is 4.79 Å². The Bertz CT molecular complexity index is 1050. The molecule has 1 atom stereocenters. The maximum absolute atomic E-state index is 13.0. The summed E-state index contributed by atoms with van der Waals surface area (Å²) in [6.45, 7) is 3.98. The topological polar surface area (TPSA) is 53.3 Å². The number of rotatable bonds is 4. The van der Waals surface area contributed by atoms with E-state index in [1.165, 1.54) is 0 Å². The normalized spacial score (nSPS) is 16.0. The fourth-order valence-corrected chi connectivity index (χ4v) is 4.07. The second kappa shape index (κ2) is 7.15. The van der Waals surface area contributed by atoms with Crippen molar-refractivity contribution >= 4 is 5.78 Å². The first-order valence-corrected chi connectivity index (χ1v) is 9.42. The lowest BCUT2D eigenvalue weighted by Crippen LogP contribution is -2.20. The maximum atomic E-state index is 13.0. The molecule has 0 fully saturated rings. The number of carbonyl (C=O) groups excluding carboxylic acids is 1. The minimum absolute atomic E-state index is 0.0828. The summed E-state index contributed by atoms with van der Waals surface area (Å²) in [5, 5.41) is 4.69. The highest BCUT2D eigenvalue weighted by Gasteiger charge is 2.32. The number of fused-ring (bicyclic) bond motifs is 1. The van der Waals surface area contributed by atoms with Crippen LogP contribution in [0.1, 0.15) is 45.2 Å². The summed E-state index contributed by atoms with van der Waals surface area (Å²) in [4.78, 5) is 13.0. The zero-order valence-corrected chi connectivity index (χ0v) is 16.7. The first-order valence-electron chi connectivity index (χ1n) is 9.42. The monoisotopic (exact) mass is 376 g/mol. The van der Waals surface area contributed by atoms with Crippen LogP contribution in [0.2, 0.25) is 0 Å². The summed E-state index contributed by atoms with van der Waals surface area (Å²) in [6, 6.07) is 14.1. The van der Waals surface area contributed by atoms with Crippen molar-refractivity contribution in [3.63, 3.8) is 0 Å². The number of nitrogens with zero attached hydrogens (tertiary/aromatic N) is 2. The number of benzene rings is 2. The molecule has 1 heterocycles. The van der Waals surface area contributed by atoms with Gasteiger partial charge in [-0.15, -0.1) is 0 Å². The molecule has 5 nitrogen and oxygen atoms in total. The van der Waals surface area contributed by atoms with E-state index in [1.807, 2.05) is 41.9 Å². The molecule has 2 aromatic carbocycles. The highest BCUT2D eigenvalue weighted by molar-refractivity contribution is 6.00. The summed E-state index contributed by atoms with van der Waals surface area (Å²) in [7, 11) is 3.25. The van der Waals surface area contributed by atoms with Crippen molar-refractivity contribution < 1.29 is 14.3 Å². The van der Waals surface area contributed by atoms with Gasteiger partial charge in [0.1, 0.15) is 0 Å². The number of ketones is 1. The molecule has 1 aromatic heterocycles. The third kappa shape index (κ3) is 3.07. The molecular formula is C23H24N2O3. The van der Waals surface area contributed by atoms with Gasteiger partial charge in [0.15, 0.2) is 17.3 Å². The second-order valence-electron chi connectivity index (χ2n) is 7.30. The van der Waals surface area contributed by atoms with E-state index < -0.39 is 0 Å². The second-order valence-corrected chi connectivity index (χ2v) is 7.30. The Morgan fingerprint density at radius 1 is 1.00 bits per heavy atom. The van der Waals surface area contributed by atoms with Crippen LogP contribution in [-0.2, 0) is 6.42 Å². The molecule has 0 bridgehead atoms. The summed E-state index contributed by atoms with van der Waals surface area (Å²) >= 11 is 0. The smallest absolute Gasteiger partial charge is 0.167 e. The molecule has 5 heteroatoms. The Balaban J connectivity index is 1.77. The third-order valence-corrected chi connectivity index (χ3v) is 5.43. The lowest BCUT2D eigenvalue weighted by atomic mass is 9.81. The van der Waals surface area contributed by atoms with Gasteiger partial charge in [0.05, 0.1) is 36.9 Å². The predicted molar refractivity (Wildman–Crippen MR) is 108 cm³/mol. The van der Waals surface area contributed by atoms with Crippen molar-refractivity contribution in [1.29, 1.82) is 0 Å². The molecule has 0 N–H and O–H groups in total. The molecule has 144 valence electrons. The van der Waals surface area contributed by atoms with Crippen molar-refractivity contribution in [1.82, 2.24) is 9.78 Å². The van der Waals surface area contributed by atoms with Gasteiger partial charge in [0, 0.05) is 6.42 Å². The van der Waals surface area contributed by atoms with Crippen LogP contribution in [-0.4, -0.2) is 29.8 Å². The molecule has 0 radical (unpaired) electrons. The van der Waals surface area contributed by atoms with Crippen LogP contribution in [0.3, 0.4) is 0 Å². The molecule has 3 aromatic rings. The summed E-state index contributed by atoms with van der Waals surface area (Å²) in [5.74, 6) is 1.60. The molecule has 0 aliphatic heterocycles. The molecular weight excluding hydrogens is 352 g/mol. The SMILES string of the molecule is COc1ccc([C@H]2CC(=O)c3c(C)nn(-c4cccc(C)c4)c3C2)cc1OC. The number of aromatic nitrogens is 2. The fraction of sp³-hybridized carbons (Fsp3) is 0.304. The lowest BCUT2D eigenvalue weighted by molar-refractivity contribution is 0.0963. The zero-order chi connectivity index (χ0) is 19.8. The van der Waals surface area contributed by atoms with Gasteiger partial charge in [-0.3, -0.25) is 4.79 Å². The Labute approximate surface area is 164 Å². The van der Waals surface area contributed by atoms with E-state index in [2.05, 4.69) is 19.1 Å². The van der Waals surface area contributed by atoms with Crippen molar-refractivity contribution in [2.24, 2.45) is 0 Å². The van der Waals surface area contributed by atoms with E-state index in [-0.39, 0.29) is 11.7 Å². The van der Waals surface area contributed by atoms with Gasteiger partial charge in [-0.25, -0.2) is 4.68 Å². The summed E-state index contributed by atoms with van der Waals surface area (Å²) < 4.78 is 12.7. The number of Topliss-reactive ketones (excluding diaryl/α,β-unsaturated/α-hetero) is 1. The van der Waals surface area contributed by atoms with Crippen LogP contribution in [0.4, 0.5) is 0 Å². The Hall–Kier alpha value is -3.08. The van der Waals surface area contributed by atoms with Gasteiger partial charge in [0.2, 0.25) is 0 Å². The van der Waals surface area contributed by atoms with Crippen LogP contribution in [0, 0.1) is 13.8 Å². The van der Waals surface area contributed by atoms with Crippen LogP contribution >= 0.6 is 0 Å². The maximum Gasteiger partial charge on any atom is 0.167 e. The summed E-state index contributed by atoms with van der Waals surface area (Å²) in [6.07, 6.45) is 1.23. The van der Waals surface area contributed by atoms with Crippen molar-refractivity contribution in [3.05, 3.63) is 70.5 Å². The first-order chi connectivity index (χ1) is 13.5. The average Bonchev–Trinajstić information content (AvgIpc) is 3.04. The van der Waals surface area contributed by atoms with E-state index in [1.54, 1.807) is 14.2 Å². The zero-order valence-electron chi connectivity index (χ0n) is 16.7. The minimum atomic E-state index is 0.0828. The Morgan fingerprint density at radius 3 is 2.50 bits per heavy atom. The third-order valence-electron chi connectivity index (χ3n) is 5.43. The summed E-state index contributed by atoms with van der Waals surface area (Å²) in [5.41, 5.74) is 5.79. The van der Waals surface area contributed by atoms with Crippen molar-refractivity contribution in [2.75, 3.05) is 14.2 Å². The molecule has 4 rings (SSSR count). The van der Waals surface area contributed by atoms with Crippen molar-refractivity contribution in [3.8, 4) is 17.2 Å². The fourth-order valence-electron chi connectivity index (χ4n) is 4.07. The largest absolute Gasteiger partial charge is 0.493 e. The molecule has 1 aliphatic carbocycles. The number of hydrogen-bond donors (Lipinski definition) is 0. The van der Waals surface area contributed by atoms with Crippen LogP contribution in [0.15, 0.2) is 42.5 Å². The first kappa shape index (κ1) is 18.3. The Kier molecular flexibility index (Phi) is 4.67. The molecule has 0 unspecified atom stereocenters. The number of aryl methyl sites for hydroxylation is 2. The molecule has 1 aliphatic rings. The van der Waals surface area contributed by atoms with Gasteiger partial charge < -0.3 is 9.47 Å². The predicted octanol–water partition coefficient (Wildman–Crippen LogP) is 4.42. The Morgan fingerprint density at radius 2 is 1.79 bits per heavy atom. The molecule has 0 saturated heterocycles. The van der Waals surface area contributed by atoms with Gasteiger partial charge in [-0.2, -0.15) is 5.10 Å². The molecule has 0 spiro atoms. The molecule has 0 saturated carbocycles. The average molecular weight is 376 g/mol. The highest BCUT2D eigenvalue weighted by atomic mass is 16.5. The lowest BCUT2D eigenvalue weighted by Gasteiger charge is -2.24. The van der Waals surface area contributed by atoms with Gasteiger partial charge in [0.25, 0.3) is 0 Å². The van der Waals surface area contributed by atoms with Crippen LogP contribution in [0.5, 0.6) is 11.5 Å². The van der Waals surface area contributed by atoms with E-state index >= 15 is 0 Å². The highest BCUT2D eigenvalue weighted by Crippen LogP contribution is 2.38. The standard InChI is InChI=1S/C23H24N2O3/c1-14-6-5-7-18(10-14)25-19-11-17(12-20(26)23(19)15(2)24-25)16-8-9-21(27-3)22(13-16)28-4/h5-10,13,17H,11-12H2,1-4H3/t17-/m1/s1. The minimum Gasteiger partial charge on any atom is -0.493 e. The molecule has 28 heavy (non-hydrogen) atoms. The van der Waals surface area contributed by atoms with E-state index in [0.717, 1.165) is 40.2 Å². The van der Waals surface area contributed by atoms with Crippen LogP contribution in [0.25, 0.3) is 5.69 Å². The number of hydrogen-bond acceptors (Lipinski definition) is 4. The molecule has 0 amide bonds. The van der Waals surface area contributed by atoms with Gasteiger partial charge in [-0.1, -0.05) is 18.2 Å². The van der Waals surface area contributed by atoms with E-state index in [0.29, 0.717) is 17.9 Å². The number of ether oxygens (including phenoxy) is 2. The van der Waals surface area contributed by atoms with Gasteiger partial charge in [-0.05, 0) is 61.6 Å². The quantitative estimate of drug-likeness (QED) is 0.676. The van der Waals surface area contributed by atoms with Crippen LogP contribution < -0.4 is 9.47 Å². The van der Waals surface area contributed by atoms with Crippen molar-refractivity contribution in [2.45, 2.75) is 32.6 Å². The van der Waals surface area contributed by atoms with E-state index in [4.69, 9.17) is 14.6 Å². The number of methoxy groups -OCH3 is 2.